The molecule has 0 atom stereocenters. The summed E-state index contributed by atoms with van der Waals surface area (Å²) in [4.78, 5) is 11.7. The molecule has 1 aromatic heterocycles. The van der Waals surface area contributed by atoms with Crippen LogP contribution >= 0.6 is 0 Å². The third-order valence-corrected chi connectivity index (χ3v) is 3.05. The van der Waals surface area contributed by atoms with Gasteiger partial charge < -0.3 is 9.73 Å². The van der Waals surface area contributed by atoms with E-state index < -0.39 is 0 Å². The summed E-state index contributed by atoms with van der Waals surface area (Å²) in [7, 11) is 0. The number of aromatic nitrogens is 2. The minimum Gasteiger partial charge on any atom is -0.423 e. The van der Waals surface area contributed by atoms with Crippen LogP contribution in [0.5, 0.6) is 0 Å². The van der Waals surface area contributed by atoms with Gasteiger partial charge in [0.05, 0.1) is 6.54 Å². The Balaban J connectivity index is 2.22. The number of rotatable bonds is 8. The van der Waals surface area contributed by atoms with Gasteiger partial charge in [-0.15, -0.1) is 10.2 Å². The van der Waals surface area contributed by atoms with Gasteiger partial charge in [0, 0.05) is 11.8 Å². The standard InChI is InChI=1S/C15H27N3O2/c1-5-6-7-8-9-10-12(19)16-11-13-17-18-14(20-13)15(2,3)4/h5-11H2,1-4H3,(H,16,19). The second-order valence-corrected chi connectivity index (χ2v) is 6.19. The lowest BCUT2D eigenvalue weighted by atomic mass is 9.97. The largest absolute Gasteiger partial charge is 0.423 e. The van der Waals surface area contributed by atoms with Crippen LogP contribution in [-0.2, 0) is 16.8 Å². The van der Waals surface area contributed by atoms with Crippen LogP contribution in [0.15, 0.2) is 4.42 Å². The Labute approximate surface area is 121 Å². The molecule has 0 aliphatic heterocycles. The number of unbranched alkanes of at least 4 members (excludes halogenated alkanes) is 4. The fraction of sp³-hybridized carbons (Fsp3) is 0.800. The summed E-state index contributed by atoms with van der Waals surface area (Å²) in [6.45, 7) is 8.54. The molecule has 0 aliphatic rings. The van der Waals surface area contributed by atoms with Crippen LogP contribution in [0.3, 0.4) is 0 Å². The zero-order valence-corrected chi connectivity index (χ0v) is 13.2. The average Bonchev–Trinajstić information content (AvgIpc) is 2.85. The molecule has 0 fully saturated rings. The van der Waals surface area contributed by atoms with Crippen LogP contribution in [0.4, 0.5) is 0 Å². The zero-order chi connectivity index (χ0) is 15.0. The van der Waals surface area contributed by atoms with Gasteiger partial charge >= 0.3 is 0 Å². The fourth-order valence-corrected chi connectivity index (χ4v) is 1.78. The lowest BCUT2D eigenvalue weighted by Gasteiger charge is -2.11. The summed E-state index contributed by atoms with van der Waals surface area (Å²) >= 11 is 0. The van der Waals surface area contributed by atoms with Crippen molar-refractivity contribution in [2.45, 2.75) is 78.2 Å². The molecule has 1 rings (SSSR count). The van der Waals surface area contributed by atoms with Gasteiger partial charge in [-0.05, 0) is 6.42 Å². The Hall–Kier alpha value is -1.39. The molecule has 0 unspecified atom stereocenters. The molecular weight excluding hydrogens is 254 g/mol. The fourth-order valence-electron chi connectivity index (χ4n) is 1.78. The van der Waals surface area contributed by atoms with Gasteiger partial charge in [0.2, 0.25) is 17.7 Å². The minimum atomic E-state index is -0.158. The molecule has 1 heterocycles. The highest BCUT2D eigenvalue weighted by Gasteiger charge is 2.21. The van der Waals surface area contributed by atoms with E-state index in [1.165, 1.54) is 19.3 Å². The molecule has 0 saturated carbocycles. The van der Waals surface area contributed by atoms with E-state index in [1.54, 1.807) is 0 Å². The highest BCUT2D eigenvalue weighted by Crippen LogP contribution is 2.20. The Morgan fingerprint density at radius 2 is 1.85 bits per heavy atom. The summed E-state index contributed by atoms with van der Waals surface area (Å²) in [5.41, 5.74) is -0.158. The highest BCUT2D eigenvalue weighted by atomic mass is 16.4. The first-order chi connectivity index (χ1) is 9.43. The van der Waals surface area contributed by atoms with Gasteiger partial charge in [-0.3, -0.25) is 4.79 Å². The molecule has 0 aromatic carbocycles. The van der Waals surface area contributed by atoms with Gasteiger partial charge in [0.25, 0.3) is 0 Å². The molecule has 0 bridgehead atoms. The number of nitrogens with zero attached hydrogens (tertiary/aromatic N) is 2. The third-order valence-electron chi connectivity index (χ3n) is 3.05. The SMILES string of the molecule is CCCCCCCC(=O)NCc1nnc(C(C)(C)C)o1. The summed E-state index contributed by atoms with van der Waals surface area (Å²) in [6.07, 6.45) is 6.32. The van der Waals surface area contributed by atoms with Crippen LogP contribution in [0, 0.1) is 0 Å². The van der Waals surface area contributed by atoms with Crippen molar-refractivity contribution in [1.82, 2.24) is 15.5 Å². The first kappa shape index (κ1) is 16.7. The van der Waals surface area contributed by atoms with E-state index >= 15 is 0 Å². The molecule has 0 radical (unpaired) electrons. The molecule has 20 heavy (non-hydrogen) atoms. The number of hydrogen-bond donors (Lipinski definition) is 1. The van der Waals surface area contributed by atoms with Gasteiger partial charge in [-0.25, -0.2) is 0 Å². The third kappa shape index (κ3) is 6.17. The van der Waals surface area contributed by atoms with Crippen LogP contribution in [-0.4, -0.2) is 16.1 Å². The predicted molar refractivity (Wildman–Crippen MR) is 78.2 cm³/mol. The second-order valence-electron chi connectivity index (χ2n) is 6.19. The van der Waals surface area contributed by atoms with Crippen molar-refractivity contribution in [1.29, 1.82) is 0 Å². The molecule has 1 N–H and O–H groups in total. The molecule has 5 heteroatoms. The van der Waals surface area contributed by atoms with Crippen LogP contribution < -0.4 is 5.32 Å². The van der Waals surface area contributed by atoms with Gasteiger partial charge in [0.1, 0.15) is 0 Å². The van der Waals surface area contributed by atoms with E-state index in [9.17, 15) is 4.79 Å². The van der Waals surface area contributed by atoms with E-state index in [0.29, 0.717) is 24.7 Å². The quantitative estimate of drug-likeness (QED) is 0.742. The van der Waals surface area contributed by atoms with Gasteiger partial charge in [0.15, 0.2) is 0 Å². The number of nitrogens with one attached hydrogen (secondary N) is 1. The predicted octanol–water partition coefficient (Wildman–Crippen LogP) is 3.34. The summed E-state index contributed by atoms with van der Waals surface area (Å²) < 4.78 is 5.52. The molecule has 0 saturated heterocycles. The molecule has 1 amide bonds. The molecule has 0 spiro atoms. The molecule has 114 valence electrons. The second kappa shape index (κ2) is 8.02. The maximum Gasteiger partial charge on any atom is 0.235 e. The summed E-state index contributed by atoms with van der Waals surface area (Å²) in [5, 5.41) is 10.8. The Kier molecular flexibility index (Phi) is 6.68. The minimum absolute atomic E-state index is 0.0528. The van der Waals surface area contributed by atoms with E-state index in [2.05, 4.69) is 22.4 Å². The molecular formula is C15H27N3O2. The topological polar surface area (TPSA) is 68.0 Å². The van der Waals surface area contributed by atoms with E-state index in [4.69, 9.17) is 4.42 Å². The average molecular weight is 281 g/mol. The van der Waals surface area contributed by atoms with E-state index in [0.717, 1.165) is 12.8 Å². The van der Waals surface area contributed by atoms with Crippen molar-refractivity contribution in [3.63, 3.8) is 0 Å². The first-order valence-electron chi connectivity index (χ1n) is 7.53. The van der Waals surface area contributed by atoms with Gasteiger partial charge in [-0.1, -0.05) is 53.4 Å². The lowest BCUT2D eigenvalue weighted by Crippen LogP contribution is -2.22. The van der Waals surface area contributed by atoms with Crippen molar-refractivity contribution >= 4 is 5.91 Å². The van der Waals surface area contributed by atoms with Crippen LogP contribution in [0.1, 0.15) is 78.0 Å². The van der Waals surface area contributed by atoms with Crippen LogP contribution in [0.25, 0.3) is 0 Å². The Bertz CT molecular complexity index is 407. The van der Waals surface area contributed by atoms with Crippen molar-refractivity contribution in [3.05, 3.63) is 11.8 Å². The summed E-state index contributed by atoms with van der Waals surface area (Å²) in [5.74, 6) is 1.12. The van der Waals surface area contributed by atoms with E-state index in [1.807, 2.05) is 20.8 Å². The van der Waals surface area contributed by atoms with Crippen LogP contribution in [0.2, 0.25) is 0 Å². The van der Waals surface area contributed by atoms with E-state index in [-0.39, 0.29) is 11.3 Å². The number of carbonyl (C=O) groups excluding carboxylic acids is 1. The molecule has 5 nitrogen and oxygen atoms in total. The zero-order valence-electron chi connectivity index (χ0n) is 13.2. The monoisotopic (exact) mass is 281 g/mol. The Morgan fingerprint density at radius 1 is 1.15 bits per heavy atom. The van der Waals surface area contributed by atoms with Crippen molar-refractivity contribution < 1.29 is 9.21 Å². The Morgan fingerprint density at radius 3 is 2.45 bits per heavy atom. The summed E-state index contributed by atoms with van der Waals surface area (Å²) in [6, 6.07) is 0. The first-order valence-corrected chi connectivity index (χ1v) is 7.53. The lowest BCUT2D eigenvalue weighted by molar-refractivity contribution is -0.121. The normalized spacial score (nSPS) is 11.6. The molecule has 0 aliphatic carbocycles. The maximum absolute atomic E-state index is 11.7. The van der Waals surface area contributed by atoms with Crippen molar-refractivity contribution in [2.24, 2.45) is 0 Å². The van der Waals surface area contributed by atoms with Gasteiger partial charge in [-0.2, -0.15) is 0 Å². The molecule has 1 aromatic rings. The maximum atomic E-state index is 11.7. The number of amides is 1. The van der Waals surface area contributed by atoms with Crippen molar-refractivity contribution in [2.75, 3.05) is 0 Å². The highest BCUT2D eigenvalue weighted by molar-refractivity contribution is 5.75. The number of hydrogen-bond acceptors (Lipinski definition) is 4. The number of carbonyl (C=O) groups is 1. The smallest absolute Gasteiger partial charge is 0.235 e. The van der Waals surface area contributed by atoms with Crippen molar-refractivity contribution in [3.8, 4) is 0 Å².